The van der Waals surface area contributed by atoms with Gasteiger partial charge < -0.3 is 10.1 Å². The zero-order valence-electron chi connectivity index (χ0n) is 11.2. The monoisotopic (exact) mass is 261 g/mol. The van der Waals surface area contributed by atoms with E-state index in [-0.39, 0.29) is 5.75 Å². The molecule has 0 saturated carbocycles. The van der Waals surface area contributed by atoms with Crippen LogP contribution >= 0.6 is 0 Å². The molecule has 0 fully saturated rings. The molecule has 0 atom stereocenters. The van der Waals surface area contributed by atoms with Gasteiger partial charge in [0.2, 0.25) is 5.88 Å². The Morgan fingerprint density at radius 2 is 1.95 bits per heavy atom. The predicted octanol–water partition coefficient (Wildman–Crippen LogP) is 3.46. The molecule has 2 rings (SSSR count). The quantitative estimate of drug-likeness (QED) is 0.915. The lowest BCUT2D eigenvalue weighted by molar-refractivity contribution is 0.422. The SMILES string of the molecule is CCNc1nc(C)nc(Oc2ccccc2F)c1C. The zero-order valence-corrected chi connectivity index (χ0v) is 11.2. The molecule has 2 aromatic rings. The Balaban J connectivity index is 2.37. The minimum absolute atomic E-state index is 0.158. The fourth-order valence-electron chi connectivity index (χ4n) is 1.67. The van der Waals surface area contributed by atoms with Crippen LogP contribution in [0.2, 0.25) is 0 Å². The maximum atomic E-state index is 13.6. The molecule has 0 bridgehead atoms. The molecule has 0 radical (unpaired) electrons. The van der Waals surface area contributed by atoms with Crippen molar-refractivity contribution >= 4 is 5.82 Å². The van der Waals surface area contributed by atoms with Crippen LogP contribution in [0.4, 0.5) is 10.2 Å². The van der Waals surface area contributed by atoms with Gasteiger partial charge >= 0.3 is 0 Å². The average molecular weight is 261 g/mol. The summed E-state index contributed by atoms with van der Waals surface area (Å²) in [6, 6.07) is 6.25. The van der Waals surface area contributed by atoms with Crippen molar-refractivity contribution in [2.45, 2.75) is 20.8 Å². The molecule has 1 aromatic carbocycles. The first-order valence-corrected chi connectivity index (χ1v) is 6.13. The van der Waals surface area contributed by atoms with Crippen LogP contribution in [0.3, 0.4) is 0 Å². The second-order valence-electron chi connectivity index (χ2n) is 4.11. The number of nitrogens with one attached hydrogen (secondary N) is 1. The number of para-hydroxylation sites is 1. The molecule has 1 aromatic heterocycles. The molecule has 1 N–H and O–H groups in total. The highest BCUT2D eigenvalue weighted by Gasteiger charge is 2.12. The van der Waals surface area contributed by atoms with E-state index in [4.69, 9.17) is 4.74 Å². The summed E-state index contributed by atoms with van der Waals surface area (Å²) >= 11 is 0. The van der Waals surface area contributed by atoms with E-state index in [0.717, 1.165) is 12.1 Å². The van der Waals surface area contributed by atoms with Gasteiger partial charge in [0, 0.05) is 6.54 Å². The smallest absolute Gasteiger partial charge is 0.227 e. The maximum absolute atomic E-state index is 13.6. The molecule has 0 aliphatic carbocycles. The average Bonchev–Trinajstić information content (AvgIpc) is 2.38. The van der Waals surface area contributed by atoms with Gasteiger partial charge in [-0.25, -0.2) is 9.37 Å². The third-order valence-electron chi connectivity index (χ3n) is 2.60. The highest BCUT2D eigenvalue weighted by molar-refractivity contribution is 5.49. The van der Waals surface area contributed by atoms with E-state index in [1.165, 1.54) is 6.07 Å². The van der Waals surface area contributed by atoms with Gasteiger partial charge in [-0.05, 0) is 32.9 Å². The number of nitrogens with zero attached hydrogens (tertiary/aromatic N) is 2. The predicted molar refractivity (Wildman–Crippen MR) is 72.1 cm³/mol. The lowest BCUT2D eigenvalue weighted by Gasteiger charge is -2.12. The van der Waals surface area contributed by atoms with Crippen molar-refractivity contribution in [3.8, 4) is 11.6 Å². The van der Waals surface area contributed by atoms with Crippen LogP contribution in [0.1, 0.15) is 18.3 Å². The number of aryl methyl sites for hydroxylation is 1. The number of aromatic nitrogens is 2. The Kier molecular flexibility index (Phi) is 3.94. The van der Waals surface area contributed by atoms with Crippen molar-refractivity contribution in [2.75, 3.05) is 11.9 Å². The van der Waals surface area contributed by atoms with E-state index < -0.39 is 5.82 Å². The van der Waals surface area contributed by atoms with E-state index in [2.05, 4.69) is 15.3 Å². The zero-order chi connectivity index (χ0) is 13.8. The van der Waals surface area contributed by atoms with E-state index in [0.29, 0.717) is 17.5 Å². The summed E-state index contributed by atoms with van der Waals surface area (Å²) in [6.07, 6.45) is 0. The number of ether oxygens (including phenoxy) is 1. The van der Waals surface area contributed by atoms with Gasteiger partial charge in [0.05, 0.1) is 5.56 Å². The van der Waals surface area contributed by atoms with Crippen molar-refractivity contribution in [1.82, 2.24) is 9.97 Å². The van der Waals surface area contributed by atoms with Crippen LogP contribution in [0.5, 0.6) is 11.6 Å². The highest BCUT2D eigenvalue weighted by atomic mass is 19.1. The standard InChI is InChI=1S/C14H16FN3O/c1-4-16-13-9(2)14(18-10(3)17-13)19-12-8-6-5-7-11(12)15/h5-8H,4H2,1-3H3,(H,16,17,18). The summed E-state index contributed by atoms with van der Waals surface area (Å²) in [5.41, 5.74) is 0.760. The summed E-state index contributed by atoms with van der Waals surface area (Å²) in [6.45, 7) is 6.34. The molecule has 19 heavy (non-hydrogen) atoms. The van der Waals surface area contributed by atoms with E-state index in [1.54, 1.807) is 25.1 Å². The van der Waals surface area contributed by atoms with Gasteiger partial charge in [0.15, 0.2) is 11.6 Å². The van der Waals surface area contributed by atoms with Crippen LogP contribution in [0, 0.1) is 19.7 Å². The third kappa shape index (κ3) is 2.99. The van der Waals surface area contributed by atoms with E-state index in [1.807, 2.05) is 13.8 Å². The van der Waals surface area contributed by atoms with Crippen LogP contribution < -0.4 is 10.1 Å². The van der Waals surface area contributed by atoms with Crippen molar-refractivity contribution in [2.24, 2.45) is 0 Å². The fraction of sp³-hybridized carbons (Fsp3) is 0.286. The molecule has 4 nitrogen and oxygen atoms in total. The van der Waals surface area contributed by atoms with Crippen molar-refractivity contribution in [3.63, 3.8) is 0 Å². The van der Waals surface area contributed by atoms with Crippen molar-refractivity contribution in [3.05, 3.63) is 41.5 Å². The molecule has 0 spiro atoms. The van der Waals surface area contributed by atoms with E-state index >= 15 is 0 Å². The minimum atomic E-state index is -0.414. The Morgan fingerprint density at radius 1 is 1.21 bits per heavy atom. The Hall–Kier alpha value is -2.17. The van der Waals surface area contributed by atoms with Gasteiger partial charge in [0.1, 0.15) is 11.6 Å². The van der Waals surface area contributed by atoms with Crippen LogP contribution in [-0.4, -0.2) is 16.5 Å². The lowest BCUT2D eigenvalue weighted by Crippen LogP contribution is -2.06. The van der Waals surface area contributed by atoms with Crippen LogP contribution in [0.25, 0.3) is 0 Å². The summed E-state index contributed by atoms with van der Waals surface area (Å²) in [5, 5.41) is 3.13. The molecule has 1 heterocycles. The Bertz CT molecular complexity index is 587. The minimum Gasteiger partial charge on any atom is -0.435 e. The summed E-state index contributed by atoms with van der Waals surface area (Å²) < 4.78 is 19.1. The number of anilines is 1. The van der Waals surface area contributed by atoms with Crippen LogP contribution in [-0.2, 0) is 0 Å². The molecular weight excluding hydrogens is 245 g/mol. The molecule has 0 aliphatic rings. The Labute approximate surface area is 111 Å². The summed E-state index contributed by atoms with van der Waals surface area (Å²) in [4.78, 5) is 8.50. The topological polar surface area (TPSA) is 47.0 Å². The fourth-order valence-corrected chi connectivity index (χ4v) is 1.67. The highest BCUT2D eigenvalue weighted by Crippen LogP contribution is 2.28. The lowest BCUT2D eigenvalue weighted by atomic mass is 10.3. The molecule has 0 aliphatic heterocycles. The molecule has 100 valence electrons. The van der Waals surface area contributed by atoms with Crippen molar-refractivity contribution < 1.29 is 9.13 Å². The number of hydrogen-bond donors (Lipinski definition) is 1. The number of rotatable bonds is 4. The summed E-state index contributed by atoms with van der Waals surface area (Å²) in [7, 11) is 0. The molecule has 0 saturated heterocycles. The molecule has 0 amide bonds. The Morgan fingerprint density at radius 3 is 2.63 bits per heavy atom. The molecule has 5 heteroatoms. The first-order valence-electron chi connectivity index (χ1n) is 6.13. The van der Waals surface area contributed by atoms with Gasteiger partial charge in [-0.2, -0.15) is 4.98 Å². The second-order valence-corrected chi connectivity index (χ2v) is 4.11. The molecule has 0 unspecified atom stereocenters. The first-order chi connectivity index (χ1) is 9.11. The number of halogens is 1. The van der Waals surface area contributed by atoms with Crippen molar-refractivity contribution in [1.29, 1.82) is 0 Å². The number of benzene rings is 1. The van der Waals surface area contributed by atoms with Gasteiger partial charge in [-0.1, -0.05) is 12.1 Å². The largest absolute Gasteiger partial charge is 0.435 e. The second kappa shape index (κ2) is 5.65. The van der Waals surface area contributed by atoms with Gasteiger partial charge in [-0.15, -0.1) is 0 Å². The van der Waals surface area contributed by atoms with Crippen LogP contribution in [0.15, 0.2) is 24.3 Å². The van der Waals surface area contributed by atoms with Gasteiger partial charge in [-0.3, -0.25) is 0 Å². The van der Waals surface area contributed by atoms with Gasteiger partial charge in [0.25, 0.3) is 0 Å². The third-order valence-corrected chi connectivity index (χ3v) is 2.60. The summed E-state index contributed by atoms with van der Waals surface area (Å²) in [5.74, 6) is 1.40. The van der Waals surface area contributed by atoms with E-state index in [9.17, 15) is 4.39 Å². The molecular formula is C14H16FN3O. The maximum Gasteiger partial charge on any atom is 0.227 e. The first kappa shape index (κ1) is 13.3. The number of hydrogen-bond acceptors (Lipinski definition) is 4. The normalized spacial score (nSPS) is 10.3.